The van der Waals surface area contributed by atoms with Crippen LogP contribution in [0, 0.1) is 0 Å². The van der Waals surface area contributed by atoms with Crippen LogP contribution in [0.2, 0.25) is 0 Å². The lowest BCUT2D eigenvalue weighted by atomic mass is 10.0. The molecule has 1 unspecified atom stereocenters. The Kier molecular flexibility index (Phi) is 3.33. The summed E-state index contributed by atoms with van der Waals surface area (Å²) in [5.41, 5.74) is 3.85. The van der Waals surface area contributed by atoms with Crippen LogP contribution >= 0.6 is 0 Å². The predicted octanol–water partition coefficient (Wildman–Crippen LogP) is 1.16. The Labute approximate surface area is 153 Å². The number of piperidine rings is 1. The average molecular weight is 361 g/mol. The van der Waals surface area contributed by atoms with Crippen molar-refractivity contribution in [3.63, 3.8) is 0 Å². The van der Waals surface area contributed by atoms with Crippen LogP contribution in [0.15, 0.2) is 42.9 Å². The van der Waals surface area contributed by atoms with Crippen molar-refractivity contribution in [2.75, 3.05) is 0 Å². The topological polar surface area (TPSA) is 96.7 Å². The molecule has 5 rings (SSSR count). The fourth-order valence-corrected chi connectivity index (χ4v) is 3.75. The summed E-state index contributed by atoms with van der Waals surface area (Å²) in [6, 6.07) is 6.86. The second-order valence-electron chi connectivity index (χ2n) is 6.72. The number of imide groups is 1. The Hall–Kier alpha value is -3.55. The van der Waals surface area contributed by atoms with Crippen molar-refractivity contribution < 1.29 is 14.4 Å². The lowest BCUT2D eigenvalue weighted by Crippen LogP contribution is -2.52. The van der Waals surface area contributed by atoms with Gasteiger partial charge in [-0.2, -0.15) is 5.10 Å². The zero-order chi connectivity index (χ0) is 18.5. The van der Waals surface area contributed by atoms with E-state index >= 15 is 0 Å². The largest absolute Gasteiger partial charge is 0.322 e. The number of carbonyl (C=O) groups excluding carboxylic acids is 3. The molecule has 0 radical (unpaired) electrons. The van der Waals surface area contributed by atoms with Crippen LogP contribution in [0.1, 0.15) is 28.8 Å². The van der Waals surface area contributed by atoms with Crippen LogP contribution < -0.4 is 5.32 Å². The van der Waals surface area contributed by atoms with Gasteiger partial charge in [0.15, 0.2) is 5.65 Å². The number of hydrogen-bond donors (Lipinski definition) is 1. The number of hydrogen-bond acceptors (Lipinski definition) is 5. The smallest absolute Gasteiger partial charge is 0.255 e. The third kappa shape index (κ3) is 2.41. The molecular formula is C19H15N5O3. The Morgan fingerprint density at radius 3 is 2.89 bits per heavy atom. The first-order valence-electron chi connectivity index (χ1n) is 8.68. The van der Waals surface area contributed by atoms with Gasteiger partial charge < -0.3 is 4.90 Å². The number of carbonyl (C=O) groups is 3. The molecule has 0 saturated carbocycles. The number of nitrogens with one attached hydrogen (secondary N) is 1. The minimum absolute atomic E-state index is 0.189. The third-order valence-electron chi connectivity index (χ3n) is 5.12. The highest BCUT2D eigenvalue weighted by atomic mass is 16.2. The molecule has 4 heterocycles. The maximum absolute atomic E-state index is 12.9. The standard InChI is InChI=1S/C19H15N5O3/c25-16-5-4-15(18(26)22-16)23-10-12-3-2-11(8-13(12)19(23)27)14-9-21-24-7-1-6-20-17(14)24/h1-3,6-9,15H,4-5,10H2,(H,22,25,26). The molecular weight excluding hydrogens is 346 g/mol. The number of rotatable bonds is 2. The molecule has 0 spiro atoms. The summed E-state index contributed by atoms with van der Waals surface area (Å²) in [5.74, 6) is -0.881. The van der Waals surface area contributed by atoms with Crippen LogP contribution in [0.3, 0.4) is 0 Å². The first-order chi connectivity index (χ1) is 13.1. The van der Waals surface area contributed by atoms with Gasteiger partial charge in [0.05, 0.1) is 6.20 Å². The average Bonchev–Trinajstić information content (AvgIpc) is 3.23. The van der Waals surface area contributed by atoms with E-state index < -0.39 is 11.9 Å². The van der Waals surface area contributed by atoms with Gasteiger partial charge in [-0.15, -0.1) is 0 Å². The first-order valence-corrected chi connectivity index (χ1v) is 8.68. The molecule has 8 nitrogen and oxygen atoms in total. The van der Waals surface area contributed by atoms with Gasteiger partial charge in [0.2, 0.25) is 11.8 Å². The molecule has 3 aromatic rings. The molecule has 1 atom stereocenters. The molecule has 3 amide bonds. The van der Waals surface area contributed by atoms with E-state index in [1.165, 1.54) is 0 Å². The van der Waals surface area contributed by atoms with E-state index in [-0.39, 0.29) is 18.2 Å². The Morgan fingerprint density at radius 2 is 2.04 bits per heavy atom. The highest BCUT2D eigenvalue weighted by Crippen LogP contribution is 2.32. The van der Waals surface area contributed by atoms with E-state index in [1.807, 2.05) is 24.4 Å². The van der Waals surface area contributed by atoms with Gasteiger partial charge in [0, 0.05) is 36.5 Å². The fourth-order valence-electron chi connectivity index (χ4n) is 3.75. The predicted molar refractivity (Wildman–Crippen MR) is 94.5 cm³/mol. The van der Waals surface area contributed by atoms with Gasteiger partial charge in [0.25, 0.3) is 5.91 Å². The van der Waals surface area contributed by atoms with Crippen LogP contribution in [0.4, 0.5) is 0 Å². The zero-order valence-corrected chi connectivity index (χ0v) is 14.3. The summed E-state index contributed by atoms with van der Waals surface area (Å²) < 4.78 is 1.68. The summed E-state index contributed by atoms with van der Waals surface area (Å²) in [6.07, 6.45) is 5.84. The molecule has 1 N–H and O–H groups in total. The van der Waals surface area contributed by atoms with Crippen LogP contribution in [-0.4, -0.2) is 43.3 Å². The summed E-state index contributed by atoms with van der Waals surface area (Å²) in [4.78, 5) is 42.3. The third-order valence-corrected chi connectivity index (χ3v) is 5.12. The van der Waals surface area contributed by atoms with Gasteiger partial charge in [-0.25, -0.2) is 9.50 Å². The van der Waals surface area contributed by atoms with Crippen molar-refractivity contribution in [3.05, 3.63) is 54.0 Å². The van der Waals surface area contributed by atoms with Gasteiger partial charge >= 0.3 is 0 Å². The Balaban J connectivity index is 1.50. The summed E-state index contributed by atoms with van der Waals surface area (Å²) in [5, 5.41) is 6.60. The van der Waals surface area contributed by atoms with Crippen molar-refractivity contribution in [1.82, 2.24) is 24.8 Å². The monoisotopic (exact) mass is 361 g/mol. The zero-order valence-electron chi connectivity index (χ0n) is 14.3. The minimum atomic E-state index is -0.607. The number of amides is 3. The summed E-state index contributed by atoms with van der Waals surface area (Å²) >= 11 is 0. The molecule has 1 fully saturated rings. The van der Waals surface area contributed by atoms with E-state index in [4.69, 9.17) is 0 Å². The second kappa shape index (κ2) is 5.73. The van der Waals surface area contributed by atoms with E-state index in [2.05, 4.69) is 15.4 Å². The second-order valence-corrected chi connectivity index (χ2v) is 6.72. The minimum Gasteiger partial charge on any atom is -0.322 e. The molecule has 2 aliphatic heterocycles. The maximum Gasteiger partial charge on any atom is 0.255 e. The number of benzene rings is 1. The highest BCUT2D eigenvalue weighted by Gasteiger charge is 2.39. The van der Waals surface area contributed by atoms with Crippen molar-refractivity contribution >= 4 is 23.4 Å². The van der Waals surface area contributed by atoms with Crippen LogP contribution in [0.25, 0.3) is 16.8 Å². The molecule has 8 heteroatoms. The summed E-state index contributed by atoms with van der Waals surface area (Å²) in [6.45, 7) is 0.369. The summed E-state index contributed by atoms with van der Waals surface area (Å²) in [7, 11) is 0. The first kappa shape index (κ1) is 15.7. The van der Waals surface area contributed by atoms with E-state index in [1.54, 1.807) is 27.9 Å². The van der Waals surface area contributed by atoms with Gasteiger partial charge in [0.1, 0.15) is 6.04 Å². The van der Waals surface area contributed by atoms with Crippen molar-refractivity contribution in [2.24, 2.45) is 0 Å². The lowest BCUT2D eigenvalue weighted by Gasteiger charge is -2.29. The molecule has 0 aliphatic carbocycles. The molecule has 0 bridgehead atoms. The van der Waals surface area contributed by atoms with E-state index in [9.17, 15) is 14.4 Å². The van der Waals surface area contributed by atoms with Crippen LogP contribution in [0.5, 0.6) is 0 Å². The van der Waals surface area contributed by atoms with Crippen molar-refractivity contribution in [2.45, 2.75) is 25.4 Å². The quantitative estimate of drug-likeness (QED) is 0.691. The molecule has 2 aliphatic rings. The molecule has 1 aromatic carbocycles. The fraction of sp³-hybridized carbons (Fsp3) is 0.211. The normalized spacial score (nSPS) is 19.5. The molecule has 134 valence electrons. The Morgan fingerprint density at radius 1 is 1.15 bits per heavy atom. The lowest BCUT2D eigenvalue weighted by molar-refractivity contribution is -0.136. The number of aromatic nitrogens is 3. The molecule has 2 aromatic heterocycles. The van der Waals surface area contributed by atoms with Crippen molar-refractivity contribution in [3.8, 4) is 11.1 Å². The van der Waals surface area contributed by atoms with Crippen molar-refractivity contribution in [1.29, 1.82) is 0 Å². The van der Waals surface area contributed by atoms with E-state index in [0.717, 1.165) is 16.7 Å². The number of fused-ring (bicyclic) bond motifs is 2. The maximum atomic E-state index is 12.9. The van der Waals surface area contributed by atoms with Gasteiger partial charge in [-0.1, -0.05) is 12.1 Å². The van der Waals surface area contributed by atoms with E-state index in [0.29, 0.717) is 24.2 Å². The molecule has 27 heavy (non-hydrogen) atoms. The molecule has 1 saturated heterocycles. The highest BCUT2D eigenvalue weighted by molar-refractivity contribution is 6.06. The van der Waals surface area contributed by atoms with Gasteiger partial charge in [-0.3, -0.25) is 19.7 Å². The number of nitrogens with zero attached hydrogens (tertiary/aromatic N) is 4. The van der Waals surface area contributed by atoms with Crippen LogP contribution in [-0.2, 0) is 16.1 Å². The SMILES string of the molecule is O=C1CCC(N2Cc3ccc(-c4cnn5cccnc45)cc3C2=O)C(=O)N1. The Bertz CT molecular complexity index is 1120. The van der Waals surface area contributed by atoms with Gasteiger partial charge in [-0.05, 0) is 29.7 Å².